The maximum Gasteiger partial charge on any atom is 0.280 e. The lowest BCUT2D eigenvalue weighted by atomic mass is 10.2. The molecule has 0 bridgehead atoms. The minimum atomic E-state index is -0.501. The Morgan fingerprint density at radius 1 is 1.07 bits per heavy atom. The highest BCUT2D eigenvalue weighted by atomic mass is 32.2. The van der Waals surface area contributed by atoms with Crippen LogP contribution in [0.15, 0.2) is 65.5 Å². The fraction of sp³-hybridized carbons (Fsp3) is 0.190. The Kier molecular flexibility index (Phi) is 5.54. The van der Waals surface area contributed by atoms with Crippen LogP contribution < -0.4 is 10.7 Å². The Morgan fingerprint density at radius 2 is 1.82 bits per heavy atom. The van der Waals surface area contributed by atoms with Gasteiger partial charge >= 0.3 is 0 Å². The van der Waals surface area contributed by atoms with Crippen molar-refractivity contribution in [3.05, 3.63) is 87.8 Å². The van der Waals surface area contributed by atoms with Crippen LogP contribution in [-0.2, 0) is 0 Å². The van der Waals surface area contributed by atoms with Crippen LogP contribution in [0.1, 0.15) is 26.3 Å². The number of hydrogen-bond donors (Lipinski definition) is 1. The fourth-order valence-electron chi connectivity index (χ4n) is 3.04. The summed E-state index contributed by atoms with van der Waals surface area (Å²) in [6.45, 7) is 1.80. The Balaban J connectivity index is 1.62. The molecule has 0 atom stereocenters. The summed E-state index contributed by atoms with van der Waals surface area (Å²) < 4.78 is 2.00. The van der Waals surface area contributed by atoms with E-state index in [0.717, 1.165) is 17.2 Å². The fourth-order valence-corrected chi connectivity index (χ4v) is 5.88. The van der Waals surface area contributed by atoms with Crippen molar-refractivity contribution in [1.29, 1.82) is 0 Å². The monoisotopic (exact) mass is 409 g/mol. The third kappa shape index (κ3) is 4.00. The number of nitrogens with one attached hydrogen (secondary N) is 1. The number of benzene rings is 2. The molecule has 0 aliphatic carbocycles. The van der Waals surface area contributed by atoms with E-state index in [2.05, 4.69) is 16.5 Å². The molecule has 2 aromatic carbocycles. The van der Waals surface area contributed by atoms with Crippen molar-refractivity contribution in [3.8, 4) is 5.69 Å². The van der Waals surface area contributed by atoms with E-state index in [0.29, 0.717) is 16.0 Å². The molecule has 7 heteroatoms. The second-order valence-electron chi connectivity index (χ2n) is 6.40. The summed E-state index contributed by atoms with van der Waals surface area (Å²) in [6, 6.07) is 18.7. The minimum Gasteiger partial charge on any atom is -0.320 e. The van der Waals surface area contributed by atoms with Crippen LogP contribution in [0.4, 0.5) is 5.69 Å². The van der Waals surface area contributed by atoms with E-state index in [1.54, 1.807) is 11.6 Å². The average Bonchev–Trinajstić information content (AvgIpc) is 3.24. The van der Waals surface area contributed by atoms with Gasteiger partial charge in [0.1, 0.15) is 0 Å². The quantitative estimate of drug-likeness (QED) is 0.697. The van der Waals surface area contributed by atoms with Gasteiger partial charge in [-0.25, -0.2) is 4.68 Å². The van der Waals surface area contributed by atoms with Crippen molar-refractivity contribution >= 4 is 35.1 Å². The molecule has 1 aliphatic heterocycles. The first kappa shape index (κ1) is 18.8. The van der Waals surface area contributed by atoms with Crippen molar-refractivity contribution in [2.24, 2.45) is 0 Å². The van der Waals surface area contributed by atoms with E-state index in [9.17, 15) is 9.59 Å². The lowest BCUT2D eigenvalue weighted by Gasteiger charge is -2.13. The number of anilines is 1. The highest BCUT2D eigenvalue weighted by molar-refractivity contribution is 8.19. The number of hydrogen-bond acceptors (Lipinski definition) is 5. The standard InChI is InChI=1S/C21H19N3O2S2/c1-14-12-18(25)19(23-24(14)17-8-3-2-4-9-17)20(26)22-16-7-5-6-15(13-16)21-27-10-11-28-21/h2-9,12-13,21H,10-11H2,1H3,(H,22,26). The number of nitrogens with zero attached hydrogens (tertiary/aromatic N) is 2. The van der Waals surface area contributed by atoms with Gasteiger partial charge in [-0.15, -0.1) is 23.5 Å². The predicted molar refractivity (Wildman–Crippen MR) is 117 cm³/mol. The second kappa shape index (κ2) is 8.24. The maximum atomic E-state index is 12.8. The Bertz CT molecular complexity index is 1060. The van der Waals surface area contributed by atoms with Gasteiger partial charge in [-0.2, -0.15) is 5.10 Å². The van der Waals surface area contributed by atoms with Crippen molar-refractivity contribution < 1.29 is 4.79 Å². The van der Waals surface area contributed by atoms with E-state index in [4.69, 9.17) is 0 Å². The molecule has 0 radical (unpaired) electrons. The van der Waals surface area contributed by atoms with E-state index in [-0.39, 0.29) is 11.1 Å². The molecule has 1 N–H and O–H groups in total. The smallest absolute Gasteiger partial charge is 0.280 e. The third-order valence-corrected chi connectivity index (χ3v) is 7.47. The molecule has 5 nitrogen and oxygen atoms in total. The van der Waals surface area contributed by atoms with Crippen LogP contribution in [-0.4, -0.2) is 27.2 Å². The van der Waals surface area contributed by atoms with Gasteiger partial charge in [0.05, 0.1) is 10.3 Å². The van der Waals surface area contributed by atoms with Gasteiger partial charge in [0, 0.05) is 29.0 Å². The molecule has 1 saturated heterocycles. The zero-order valence-electron chi connectivity index (χ0n) is 15.3. The SMILES string of the molecule is Cc1cc(=O)c(C(=O)Nc2cccc(C3SCCS3)c2)nn1-c1ccccc1. The van der Waals surface area contributed by atoms with Crippen molar-refractivity contribution in [3.63, 3.8) is 0 Å². The van der Waals surface area contributed by atoms with Crippen LogP contribution >= 0.6 is 23.5 Å². The molecule has 1 amide bonds. The third-order valence-electron chi connectivity index (χ3n) is 4.36. The lowest BCUT2D eigenvalue weighted by Crippen LogP contribution is -2.26. The second-order valence-corrected chi connectivity index (χ2v) is 9.12. The van der Waals surface area contributed by atoms with Gasteiger partial charge in [-0.1, -0.05) is 30.3 Å². The molecule has 1 aliphatic rings. The molecular formula is C21H19N3O2S2. The van der Waals surface area contributed by atoms with Crippen LogP contribution in [0.3, 0.4) is 0 Å². The van der Waals surface area contributed by atoms with Gasteiger partial charge in [0.2, 0.25) is 5.43 Å². The largest absolute Gasteiger partial charge is 0.320 e. The zero-order chi connectivity index (χ0) is 19.5. The van der Waals surface area contributed by atoms with Gasteiger partial charge in [0.25, 0.3) is 5.91 Å². The van der Waals surface area contributed by atoms with Gasteiger partial charge in [0.15, 0.2) is 5.69 Å². The molecule has 1 fully saturated rings. The number of aromatic nitrogens is 2. The summed E-state index contributed by atoms with van der Waals surface area (Å²) in [5.41, 5.74) is 2.80. The summed E-state index contributed by atoms with van der Waals surface area (Å²) >= 11 is 3.82. The maximum absolute atomic E-state index is 12.8. The molecule has 2 heterocycles. The molecule has 1 aromatic heterocycles. The van der Waals surface area contributed by atoms with Crippen LogP contribution in [0.25, 0.3) is 5.69 Å². The van der Waals surface area contributed by atoms with E-state index >= 15 is 0 Å². The van der Waals surface area contributed by atoms with Crippen molar-refractivity contribution in [2.75, 3.05) is 16.8 Å². The lowest BCUT2D eigenvalue weighted by molar-refractivity contribution is 0.101. The Hall–Kier alpha value is -2.51. The first-order chi connectivity index (χ1) is 13.6. The van der Waals surface area contributed by atoms with Crippen LogP contribution in [0.2, 0.25) is 0 Å². The molecular weight excluding hydrogens is 390 g/mol. The number of thioether (sulfide) groups is 2. The highest BCUT2D eigenvalue weighted by Gasteiger charge is 2.20. The number of aryl methyl sites for hydroxylation is 1. The summed E-state index contributed by atoms with van der Waals surface area (Å²) in [6.07, 6.45) is 0. The summed E-state index contributed by atoms with van der Waals surface area (Å²) in [7, 11) is 0. The molecule has 4 rings (SSSR count). The number of rotatable bonds is 4. The van der Waals surface area contributed by atoms with Gasteiger partial charge < -0.3 is 5.32 Å². The molecule has 0 unspecified atom stereocenters. The van der Waals surface area contributed by atoms with Crippen LogP contribution in [0, 0.1) is 6.92 Å². The molecule has 0 saturated carbocycles. The number of para-hydroxylation sites is 1. The van der Waals surface area contributed by atoms with E-state index in [1.807, 2.05) is 72.1 Å². The topological polar surface area (TPSA) is 64.0 Å². The Morgan fingerprint density at radius 3 is 2.57 bits per heavy atom. The van der Waals surface area contributed by atoms with Crippen molar-refractivity contribution in [1.82, 2.24) is 9.78 Å². The average molecular weight is 410 g/mol. The first-order valence-electron chi connectivity index (χ1n) is 8.93. The first-order valence-corrected chi connectivity index (χ1v) is 11.0. The molecule has 28 heavy (non-hydrogen) atoms. The highest BCUT2D eigenvalue weighted by Crippen LogP contribution is 2.45. The number of amides is 1. The Labute approximate surface area is 171 Å². The molecule has 142 valence electrons. The van der Waals surface area contributed by atoms with Gasteiger partial charge in [-0.05, 0) is 36.8 Å². The minimum absolute atomic E-state index is 0.121. The van der Waals surface area contributed by atoms with Gasteiger partial charge in [-0.3, -0.25) is 9.59 Å². The normalized spacial score (nSPS) is 14.2. The van der Waals surface area contributed by atoms with Crippen molar-refractivity contribution in [2.45, 2.75) is 11.5 Å². The zero-order valence-corrected chi connectivity index (χ0v) is 16.9. The summed E-state index contributed by atoms with van der Waals surface area (Å²) in [4.78, 5) is 25.2. The number of carbonyl (C=O) groups excluding carboxylic acids is 1. The summed E-state index contributed by atoms with van der Waals surface area (Å²) in [5.74, 6) is 1.77. The van der Waals surface area contributed by atoms with Crippen LogP contribution in [0.5, 0.6) is 0 Å². The van der Waals surface area contributed by atoms with E-state index < -0.39 is 5.91 Å². The summed E-state index contributed by atoms with van der Waals surface area (Å²) in [5, 5.41) is 7.15. The van der Waals surface area contributed by atoms with E-state index in [1.165, 1.54) is 11.6 Å². The molecule has 0 spiro atoms. The molecule has 3 aromatic rings. The predicted octanol–water partition coefficient (Wildman–Crippen LogP) is 4.27. The number of carbonyl (C=O) groups is 1.